The predicted molar refractivity (Wildman–Crippen MR) is 67.8 cm³/mol. The fourth-order valence-corrected chi connectivity index (χ4v) is 3.66. The van der Waals surface area contributed by atoms with Crippen molar-refractivity contribution in [2.45, 2.75) is 50.7 Å². The number of fused-ring (bicyclic) bond motifs is 2. The first-order chi connectivity index (χ1) is 9.22. The van der Waals surface area contributed by atoms with Gasteiger partial charge in [-0.2, -0.15) is 0 Å². The quantitative estimate of drug-likeness (QED) is 0.780. The van der Waals surface area contributed by atoms with Gasteiger partial charge >= 0.3 is 0 Å². The van der Waals surface area contributed by atoms with Crippen LogP contribution in [0, 0.1) is 11.8 Å². The van der Waals surface area contributed by atoms with Crippen molar-refractivity contribution in [3.05, 3.63) is 6.33 Å². The van der Waals surface area contributed by atoms with Crippen molar-refractivity contribution in [3.8, 4) is 0 Å². The fourth-order valence-electron chi connectivity index (χ4n) is 3.66. The van der Waals surface area contributed by atoms with E-state index in [0.717, 1.165) is 12.8 Å². The molecule has 3 rings (SSSR count). The molecule has 0 aliphatic heterocycles. The predicted octanol–water partition coefficient (Wildman–Crippen LogP) is -0.305. The topological polar surface area (TPSA) is 98.7 Å². The van der Waals surface area contributed by atoms with Gasteiger partial charge in [-0.3, -0.25) is 4.79 Å². The van der Waals surface area contributed by atoms with Crippen LogP contribution in [-0.2, 0) is 11.3 Å². The lowest BCUT2D eigenvalue weighted by atomic mass is 9.67. The van der Waals surface area contributed by atoms with Crippen LogP contribution in [-0.4, -0.2) is 38.2 Å². The van der Waals surface area contributed by atoms with Crippen molar-refractivity contribution in [1.82, 2.24) is 25.5 Å². The summed E-state index contributed by atoms with van der Waals surface area (Å²) in [6.07, 6.45) is 7.15. The lowest BCUT2D eigenvalue weighted by molar-refractivity contribution is -0.124. The second-order valence-corrected chi connectivity index (χ2v) is 5.78. The van der Waals surface area contributed by atoms with E-state index < -0.39 is 0 Å². The first-order valence-electron chi connectivity index (χ1n) is 6.98. The molecule has 2 bridgehead atoms. The highest BCUT2D eigenvalue weighted by molar-refractivity contribution is 5.76. The van der Waals surface area contributed by atoms with E-state index in [0.29, 0.717) is 17.9 Å². The van der Waals surface area contributed by atoms with Crippen LogP contribution < -0.4 is 11.1 Å². The summed E-state index contributed by atoms with van der Waals surface area (Å²) in [7, 11) is 0. The monoisotopic (exact) mass is 264 g/mol. The van der Waals surface area contributed by atoms with E-state index in [1.807, 2.05) is 0 Å². The first-order valence-corrected chi connectivity index (χ1v) is 6.98. The molecule has 0 radical (unpaired) electrons. The molecule has 1 aromatic heterocycles. The van der Waals surface area contributed by atoms with E-state index >= 15 is 0 Å². The van der Waals surface area contributed by atoms with Crippen LogP contribution in [0.2, 0.25) is 0 Å². The summed E-state index contributed by atoms with van der Waals surface area (Å²) >= 11 is 0. The Morgan fingerprint density at radius 2 is 2.11 bits per heavy atom. The molecule has 1 heterocycles. The molecule has 1 amide bonds. The van der Waals surface area contributed by atoms with Crippen LogP contribution in [0.4, 0.5) is 0 Å². The number of aromatic nitrogens is 4. The number of carbonyl (C=O) groups is 1. The minimum atomic E-state index is -0.00956. The zero-order chi connectivity index (χ0) is 13.2. The number of tetrazole rings is 1. The van der Waals surface area contributed by atoms with Gasteiger partial charge in [-0.15, -0.1) is 5.10 Å². The maximum absolute atomic E-state index is 12.0. The molecule has 7 nitrogen and oxygen atoms in total. The second-order valence-electron chi connectivity index (χ2n) is 5.78. The molecule has 3 N–H and O–H groups in total. The molecular weight excluding hydrogens is 244 g/mol. The van der Waals surface area contributed by atoms with Crippen molar-refractivity contribution in [2.75, 3.05) is 0 Å². The first kappa shape index (κ1) is 12.5. The Morgan fingerprint density at radius 1 is 1.37 bits per heavy atom. The number of amides is 1. The number of hydrogen-bond acceptors (Lipinski definition) is 5. The third-order valence-corrected chi connectivity index (χ3v) is 4.40. The summed E-state index contributed by atoms with van der Waals surface area (Å²) in [6, 6.07) is 0.598. The standard InChI is InChI=1S/C12H20N6O/c13-10-4-8-2-1-3-9(5-10)12(8)15-11(19)6-18-7-14-16-17-18/h7-10,12H,1-6,13H2,(H,15,19). The van der Waals surface area contributed by atoms with Gasteiger partial charge in [0.2, 0.25) is 5.91 Å². The van der Waals surface area contributed by atoms with Gasteiger partial charge in [0.1, 0.15) is 12.9 Å². The van der Waals surface area contributed by atoms with Crippen LogP contribution >= 0.6 is 0 Å². The lowest BCUT2D eigenvalue weighted by Crippen LogP contribution is -2.54. The largest absolute Gasteiger partial charge is 0.351 e. The van der Waals surface area contributed by atoms with Gasteiger partial charge in [-0.25, -0.2) is 4.68 Å². The van der Waals surface area contributed by atoms with Crippen molar-refractivity contribution in [3.63, 3.8) is 0 Å². The maximum Gasteiger partial charge on any atom is 0.242 e. The molecule has 1 aromatic rings. The van der Waals surface area contributed by atoms with Crippen LogP contribution in [0.1, 0.15) is 32.1 Å². The average molecular weight is 264 g/mol. The van der Waals surface area contributed by atoms with Crippen molar-refractivity contribution in [2.24, 2.45) is 17.6 Å². The Hall–Kier alpha value is -1.50. The molecule has 0 spiro atoms. The van der Waals surface area contributed by atoms with Gasteiger partial charge < -0.3 is 11.1 Å². The van der Waals surface area contributed by atoms with E-state index in [9.17, 15) is 4.79 Å². The van der Waals surface area contributed by atoms with Gasteiger partial charge in [0.05, 0.1) is 0 Å². The molecule has 2 unspecified atom stereocenters. The highest BCUT2D eigenvalue weighted by Gasteiger charge is 2.39. The molecule has 104 valence electrons. The normalized spacial score (nSPS) is 33.9. The van der Waals surface area contributed by atoms with Crippen LogP contribution in [0.3, 0.4) is 0 Å². The minimum Gasteiger partial charge on any atom is -0.351 e. The Labute approximate surface area is 111 Å². The van der Waals surface area contributed by atoms with Crippen LogP contribution in [0.15, 0.2) is 6.33 Å². The molecule has 19 heavy (non-hydrogen) atoms. The van der Waals surface area contributed by atoms with Gasteiger partial charge in [0.15, 0.2) is 0 Å². The fraction of sp³-hybridized carbons (Fsp3) is 0.833. The molecule has 0 aromatic carbocycles. The Balaban J connectivity index is 1.61. The van der Waals surface area contributed by atoms with Crippen molar-refractivity contribution in [1.29, 1.82) is 0 Å². The zero-order valence-corrected chi connectivity index (χ0v) is 10.9. The summed E-state index contributed by atoms with van der Waals surface area (Å²) in [5.74, 6) is 1.07. The van der Waals surface area contributed by atoms with Gasteiger partial charge in [-0.05, 0) is 47.9 Å². The number of nitrogens with one attached hydrogen (secondary N) is 1. The molecule has 2 atom stereocenters. The molecule has 7 heteroatoms. The van der Waals surface area contributed by atoms with Gasteiger partial charge in [0.25, 0.3) is 0 Å². The van der Waals surface area contributed by atoms with Gasteiger partial charge in [0, 0.05) is 12.1 Å². The molecule has 2 aliphatic rings. The number of hydrogen-bond donors (Lipinski definition) is 2. The Bertz CT molecular complexity index is 419. The smallest absolute Gasteiger partial charge is 0.242 e. The Morgan fingerprint density at radius 3 is 2.74 bits per heavy atom. The summed E-state index contributed by atoms with van der Waals surface area (Å²) in [5.41, 5.74) is 6.08. The van der Waals surface area contributed by atoms with E-state index in [1.54, 1.807) is 0 Å². The van der Waals surface area contributed by atoms with E-state index in [1.165, 1.54) is 30.3 Å². The van der Waals surface area contributed by atoms with E-state index in [-0.39, 0.29) is 18.5 Å². The summed E-state index contributed by atoms with van der Waals surface area (Å²) < 4.78 is 1.44. The highest BCUT2D eigenvalue weighted by atomic mass is 16.2. The molecule has 0 saturated heterocycles. The summed E-state index contributed by atoms with van der Waals surface area (Å²) in [4.78, 5) is 12.0. The zero-order valence-electron chi connectivity index (χ0n) is 10.9. The van der Waals surface area contributed by atoms with E-state index in [4.69, 9.17) is 5.73 Å². The third kappa shape index (κ3) is 2.75. The van der Waals surface area contributed by atoms with E-state index in [2.05, 4.69) is 20.8 Å². The van der Waals surface area contributed by atoms with Crippen LogP contribution in [0.5, 0.6) is 0 Å². The molecule has 2 saturated carbocycles. The SMILES string of the molecule is NC1CC2CCCC(C1)C2NC(=O)Cn1cnnn1. The number of nitrogens with two attached hydrogens (primary N) is 1. The van der Waals surface area contributed by atoms with Crippen LogP contribution in [0.25, 0.3) is 0 Å². The average Bonchev–Trinajstić information content (AvgIpc) is 2.83. The second kappa shape index (κ2) is 5.24. The number of nitrogens with zero attached hydrogens (tertiary/aromatic N) is 4. The highest BCUT2D eigenvalue weighted by Crippen LogP contribution is 2.39. The van der Waals surface area contributed by atoms with Crippen molar-refractivity contribution < 1.29 is 4.79 Å². The molecule has 2 fully saturated rings. The lowest BCUT2D eigenvalue weighted by Gasteiger charge is -2.45. The third-order valence-electron chi connectivity index (χ3n) is 4.40. The minimum absolute atomic E-state index is 0.00956. The maximum atomic E-state index is 12.0. The summed E-state index contributed by atoms with van der Waals surface area (Å²) in [6.45, 7) is 0.189. The molecule has 2 aliphatic carbocycles. The van der Waals surface area contributed by atoms with Crippen molar-refractivity contribution >= 4 is 5.91 Å². The number of rotatable bonds is 3. The molecular formula is C12H20N6O. The Kier molecular flexibility index (Phi) is 3.46. The van der Waals surface area contributed by atoms with Gasteiger partial charge in [-0.1, -0.05) is 6.42 Å². The summed E-state index contributed by atoms with van der Waals surface area (Å²) in [5, 5.41) is 13.9. The number of carbonyl (C=O) groups excluding carboxylic acids is 1.